The summed E-state index contributed by atoms with van der Waals surface area (Å²) in [5.41, 5.74) is 3.84. The Hall–Kier alpha value is -2.91. The van der Waals surface area contributed by atoms with E-state index < -0.39 is 12.1 Å². The third-order valence-corrected chi connectivity index (χ3v) is 5.43. The van der Waals surface area contributed by atoms with Crippen molar-refractivity contribution in [3.63, 3.8) is 0 Å². The van der Waals surface area contributed by atoms with Crippen LogP contribution in [0.5, 0.6) is 0 Å². The second kappa shape index (κ2) is 7.61. The number of hydrogen-bond acceptors (Lipinski definition) is 4. The molecule has 144 valence electrons. The molecule has 0 bridgehead atoms. The van der Waals surface area contributed by atoms with Gasteiger partial charge in [-0.1, -0.05) is 18.2 Å². The lowest BCUT2D eigenvalue weighted by molar-refractivity contribution is -0.117. The minimum absolute atomic E-state index is 0.262. The number of nitriles is 1. The van der Waals surface area contributed by atoms with Gasteiger partial charge >= 0.3 is 0 Å². The first-order chi connectivity index (χ1) is 13.5. The Balaban J connectivity index is 1.55. The zero-order valence-electron chi connectivity index (χ0n) is 15.4. The maximum Gasteiger partial charge on any atom is 0.230 e. The van der Waals surface area contributed by atoms with E-state index in [9.17, 15) is 19.6 Å². The molecule has 4 rings (SSSR count). The zero-order chi connectivity index (χ0) is 19.7. The van der Waals surface area contributed by atoms with Gasteiger partial charge in [0.2, 0.25) is 5.91 Å². The highest BCUT2D eigenvalue weighted by Crippen LogP contribution is 2.35. The largest absolute Gasteiger partial charge is 0.393 e. The van der Waals surface area contributed by atoms with Crippen molar-refractivity contribution in [1.29, 1.82) is 5.26 Å². The first kappa shape index (κ1) is 18.5. The summed E-state index contributed by atoms with van der Waals surface area (Å²) in [6.07, 6.45) is 0.420. The number of rotatable bonds is 4. The predicted octanol–water partition coefficient (Wildman–Crippen LogP) is 3.48. The smallest absolute Gasteiger partial charge is 0.230 e. The number of aliphatic hydroxyl groups excluding tert-OH is 1. The zero-order valence-corrected chi connectivity index (χ0v) is 15.4. The highest BCUT2D eigenvalue weighted by Gasteiger charge is 2.43. The number of aliphatic hydroxyl groups is 1. The molecule has 5 nitrogen and oxygen atoms in total. The van der Waals surface area contributed by atoms with Gasteiger partial charge in [0, 0.05) is 18.8 Å². The number of anilines is 2. The molecule has 0 aromatic heterocycles. The van der Waals surface area contributed by atoms with E-state index in [-0.39, 0.29) is 12.0 Å². The van der Waals surface area contributed by atoms with E-state index in [1.54, 1.807) is 6.07 Å². The molecule has 1 aliphatic heterocycles. The Morgan fingerprint density at radius 3 is 2.57 bits per heavy atom. The molecular weight excluding hydrogens is 357 g/mol. The minimum Gasteiger partial charge on any atom is -0.393 e. The van der Waals surface area contributed by atoms with Crippen LogP contribution in [0.3, 0.4) is 0 Å². The van der Waals surface area contributed by atoms with E-state index >= 15 is 0 Å². The molecule has 2 aliphatic rings. The number of alkyl halides is 1. The van der Waals surface area contributed by atoms with Gasteiger partial charge in [0.25, 0.3) is 0 Å². The molecular formula is C22H22FN3O2. The van der Waals surface area contributed by atoms with Gasteiger partial charge < -0.3 is 15.3 Å². The van der Waals surface area contributed by atoms with Gasteiger partial charge in [0.15, 0.2) is 0 Å². The Morgan fingerprint density at radius 2 is 1.89 bits per heavy atom. The Labute approximate surface area is 163 Å². The quantitative estimate of drug-likeness (QED) is 0.853. The van der Waals surface area contributed by atoms with Gasteiger partial charge in [-0.3, -0.25) is 4.79 Å². The van der Waals surface area contributed by atoms with Crippen LogP contribution in [0.15, 0.2) is 42.5 Å². The number of nitrogens with one attached hydrogen (secondary N) is 1. The summed E-state index contributed by atoms with van der Waals surface area (Å²) in [5.74, 6) is -0.818. The van der Waals surface area contributed by atoms with Gasteiger partial charge in [0.1, 0.15) is 12.2 Å². The van der Waals surface area contributed by atoms with Gasteiger partial charge in [-0.15, -0.1) is 0 Å². The number of carbonyl (C=O) groups is 1. The maximum atomic E-state index is 13.1. The van der Waals surface area contributed by atoms with Crippen molar-refractivity contribution in [2.45, 2.75) is 31.5 Å². The van der Waals surface area contributed by atoms with Gasteiger partial charge in [0.05, 0.1) is 23.3 Å². The molecule has 1 heterocycles. The van der Waals surface area contributed by atoms with E-state index in [1.807, 2.05) is 36.4 Å². The van der Waals surface area contributed by atoms with E-state index in [4.69, 9.17) is 0 Å². The van der Waals surface area contributed by atoms with Crippen molar-refractivity contribution < 1.29 is 14.3 Å². The molecule has 2 fully saturated rings. The number of hydrogen-bond donors (Lipinski definition) is 2. The second-order valence-electron chi connectivity index (χ2n) is 7.49. The van der Waals surface area contributed by atoms with E-state index in [0.717, 1.165) is 29.9 Å². The second-order valence-corrected chi connectivity index (χ2v) is 7.49. The average Bonchev–Trinajstić information content (AvgIpc) is 3.45. The van der Waals surface area contributed by atoms with Gasteiger partial charge in [-0.2, -0.15) is 5.26 Å². The van der Waals surface area contributed by atoms with E-state index in [1.165, 1.54) is 0 Å². The van der Waals surface area contributed by atoms with E-state index in [0.29, 0.717) is 30.5 Å². The summed E-state index contributed by atoms with van der Waals surface area (Å²) in [5, 5.41) is 22.1. The molecule has 2 aromatic carbocycles. The summed E-state index contributed by atoms with van der Waals surface area (Å²) < 4.78 is 13.1. The monoisotopic (exact) mass is 379 g/mol. The Kier molecular flexibility index (Phi) is 5.01. The van der Waals surface area contributed by atoms with Crippen LogP contribution in [-0.2, 0) is 4.79 Å². The fourth-order valence-electron chi connectivity index (χ4n) is 3.63. The first-order valence-corrected chi connectivity index (χ1v) is 9.57. The number of piperidine rings is 1. The Bertz CT molecular complexity index is 932. The number of halogens is 1. The minimum atomic E-state index is -1.02. The van der Waals surface area contributed by atoms with Crippen LogP contribution in [0.4, 0.5) is 15.8 Å². The third kappa shape index (κ3) is 3.85. The molecule has 0 radical (unpaired) electrons. The van der Waals surface area contributed by atoms with Crippen molar-refractivity contribution in [3.8, 4) is 17.2 Å². The molecule has 0 unspecified atom stereocenters. The Morgan fingerprint density at radius 1 is 1.18 bits per heavy atom. The number of amides is 1. The molecule has 1 saturated carbocycles. The normalized spacial score (nSPS) is 21.8. The van der Waals surface area contributed by atoms with Crippen LogP contribution in [0.1, 0.15) is 24.8 Å². The standard InChI is InChI=1S/C22H22FN3O2/c23-20-12-19(20)22(28)25-17-3-1-2-14(11-17)15-4-5-21(16(10-15)13-24)26-8-6-18(27)7-9-26/h1-5,10-11,18-20,27H,6-9,12H2,(H,25,28)/t19-,20+/m0/s1. The summed E-state index contributed by atoms with van der Waals surface area (Å²) in [6, 6.07) is 15.4. The van der Waals surface area contributed by atoms with Crippen LogP contribution in [0.25, 0.3) is 11.1 Å². The van der Waals surface area contributed by atoms with Crippen LogP contribution in [0.2, 0.25) is 0 Å². The highest BCUT2D eigenvalue weighted by atomic mass is 19.1. The molecule has 1 saturated heterocycles. The summed E-state index contributed by atoms with van der Waals surface area (Å²) >= 11 is 0. The number of benzene rings is 2. The third-order valence-electron chi connectivity index (χ3n) is 5.43. The van der Waals surface area contributed by atoms with Crippen molar-refractivity contribution in [1.82, 2.24) is 0 Å². The maximum absolute atomic E-state index is 13.1. The SMILES string of the molecule is N#Cc1cc(-c2cccc(NC(=O)[C@H]3C[C@H]3F)c2)ccc1N1CCC(O)CC1. The lowest BCUT2D eigenvalue weighted by Crippen LogP contribution is -2.36. The van der Waals surface area contributed by atoms with E-state index in [2.05, 4.69) is 16.3 Å². The molecule has 2 aromatic rings. The fraction of sp³-hybridized carbons (Fsp3) is 0.364. The molecule has 1 aliphatic carbocycles. The van der Waals surface area contributed by atoms with Crippen molar-refractivity contribution in [2.75, 3.05) is 23.3 Å². The topological polar surface area (TPSA) is 76.4 Å². The van der Waals surface area contributed by atoms with Crippen LogP contribution in [-0.4, -0.2) is 36.4 Å². The molecule has 0 spiro atoms. The summed E-state index contributed by atoms with van der Waals surface area (Å²) in [6.45, 7) is 1.46. The summed E-state index contributed by atoms with van der Waals surface area (Å²) in [7, 11) is 0. The first-order valence-electron chi connectivity index (χ1n) is 9.57. The van der Waals surface area contributed by atoms with Crippen LogP contribution >= 0.6 is 0 Å². The number of nitrogens with zero attached hydrogens (tertiary/aromatic N) is 2. The number of carbonyl (C=O) groups excluding carboxylic acids is 1. The van der Waals surface area contributed by atoms with Gasteiger partial charge in [-0.05, 0) is 54.7 Å². The molecule has 6 heteroatoms. The van der Waals surface area contributed by atoms with Crippen LogP contribution in [0, 0.1) is 17.2 Å². The lowest BCUT2D eigenvalue weighted by atomic mass is 10.00. The predicted molar refractivity (Wildman–Crippen MR) is 106 cm³/mol. The van der Waals surface area contributed by atoms with Crippen molar-refractivity contribution in [2.24, 2.45) is 5.92 Å². The van der Waals surface area contributed by atoms with Crippen molar-refractivity contribution in [3.05, 3.63) is 48.0 Å². The van der Waals surface area contributed by atoms with Gasteiger partial charge in [-0.25, -0.2) is 4.39 Å². The fourth-order valence-corrected chi connectivity index (χ4v) is 3.63. The highest BCUT2D eigenvalue weighted by molar-refractivity contribution is 5.95. The van der Waals surface area contributed by atoms with Crippen LogP contribution < -0.4 is 10.2 Å². The van der Waals surface area contributed by atoms with Crippen molar-refractivity contribution >= 4 is 17.3 Å². The lowest BCUT2D eigenvalue weighted by Gasteiger charge is -2.32. The molecule has 1 amide bonds. The average molecular weight is 379 g/mol. The summed E-state index contributed by atoms with van der Waals surface area (Å²) in [4.78, 5) is 14.1. The molecule has 2 atom stereocenters. The molecule has 28 heavy (non-hydrogen) atoms. The molecule has 2 N–H and O–H groups in total.